The highest BCUT2D eigenvalue weighted by molar-refractivity contribution is 14.0. The third kappa shape index (κ3) is 7.97. The van der Waals surface area contributed by atoms with Gasteiger partial charge >= 0.3 is 0 Å². The van der Waals surface area contributed by atoms with Crippen molar-refractivity contribution in [2.24, 2.45) is 4.99 Å². The molecular weight excluding hydrogens is 543 g/mol. The first-order valence-corrected chi connectivity index (χ1v) is 11.5. The van der Waals surface area contributed by atoms with Gasteiger partial charge in [0.15, 0.2) is 5.96 Å². The number of thioether (sulfide) groups is 1. The molecule has 29 heavy (non-hydrogen) atoms. The summed E-state index contributed by atoms with van der Waals surface area (Å²) in [5.74, 6) is 1.47. The topological polar surface area (TPSA) is 73.8 Å². The van der Waals surface area contributed by atoms with Gasteiger partial charge in [0.1, 0.15) is 0 Å². The van der Waals surface area contributed by atoms with Crippen LogP contribution in [0.4, 0.5) is 0 Å². The molecule has 0 aliphatic rings. The molecule has 2 aromatic rings. The zero-order valence-electron chi connectivity index (χ0n) is 16.6. The second-order valence-electron chi connectivity index (χ2n) is 6.05. The van der Waals surface area contributed by atoms with Crippen molar-refractivity contribution in [2.45, 2.75) is 16.3 Å². The van der Waals surface area contributed by atoms with Gasteiger partial charge < -0.3 is 10.6 Å². The van der Waals surface area contributed by atoms with Gasteiger partial charge in [0, 0.05) is 49.9 Å². The smallest absolute Gasteiger partial charge is 0.242 e. The van der Waals surface area contributed by atoms with Crippen LogP contribution in [0.5, 0.6) is 0 Å². The zero-order chi connectivity index (χ0) is 20.6. The first-order valence-electron chi connectivity index (χ1n) is 8.68. The molecule has 160 valence electrons. The van der Waals surface area contributed by atoms with Crippen molar-refractivity contribution < 1.29 is 8.42 Å². The minimum atomic E-state index is -3.50. The van der Waals surface area contributed by atoms with E-state index in [9.17, 15) is 8.42 Å². The Morgan fingerprint density at radius 3 is 2.38 bits per heavy atom. The van der Waals surface area contributed by atoms with Gasteiger partial charge in [-0.1, -0.05) is 29.8 Å². The van der Waals surface area contributed by atoms with E-state index in [1.54, 1.807) is 37.0 Å². The van der Waals surface area contributed by atoms with Crippen LogP contribution < -0.4 is 10.6 Å². The first-order chi connectivity index (χ1) is 13.3. The minimum Gasteiger partial charge on any atom is -0.356 e. The number of halogens is 2. The number of rotatable bonds is 8. The number of sulfonamides is 1. The molecule has 0 unspecified atom stereocenters. The monoisotopic (exact) mass is 568 g/mol. The standard InChI is InChI=1S/C19H25ClN4O2S2.HI/c1-21-19(22-12-13-27-17-10-8-16(20)9-11-17)23-14-15-6-4-5-7-18(15)28(25,26)24(2)3;/h4-11H,12-14H2,1-3H3,(H2,21,22,23);1H. The Morgan fingerprint density at radius 1 is 1.10 bits per heavy atom. The zero-order valence-corrected chi connectivity index (χ0v) is 21.3. The summed E-state index contributed by atoms with van der Waals surface area (Å²) in [6.45, 7) is 1.07. The number of benzene rings is 2. The molecule has 0 spiro atoms. The lowest BCUT2D eigenvalue weighted by Crippen LogP contribution is -2.38. The van der Waals surface area contributed by atoms with Crippen molar-refractivity contribution in [1.82, 2.24) is 14.9 Å². The van der Waals surface area contributed by atoms with Crippen LogP contribution in [0.3, 0.4) is 0 Å². The van der Waals surface area contributed by atoms with Crippen molar-refractivity contribution in [3.63, 3.8) is 0 Å². The Kier molecular flexibility index (Phi) is 11.3. The predicted octanol–water partition coefficient (Wildman–Crippen LogP) is 3.67. The van der Waals surface area contributed by atoms with E-state index >= 15 is 0 Å². The summed E-state index contributed by atoms with van der Waals surface area (Å²) < 4.78 is 26.2. The molecule has 0 aliphatic heterocycles. The largest absolute Gasteiger partial charge is 0.356 e. The SMILES string of the molecule is CN=C(NCCSc1ccc(Cl)cc1)NCc1ccccc1S(=O)(=O)N(C)C.I. The highest BCUT2D eigenvalue weighted by Crippen LogP contribution is 2.20. The van der Waals surface area contributed by atoms with Crippen LogP contribution in [-0.2, 0) is 16.6 Å². The van der Waals surface area contributed by atoms with Crippen molar-refractivity contribution in [2.75, 3.05) is 33.4 Å². The Labute approximate surface area is 199 Å². The lowest BCUT2D eigenvalue weighted by atomic mass is 10.2. The van der Waals surface area contributed by atoms with Crippen molar-refractivity contribution in [3.05, 3.63) is 59.1 Å². The lowest BCUT2D eigenvalue weighted by Gasteiger charge is -2.17. The van der Waals surface area contributed by atoms with Crippen LogP contribution in [0.2, 0.25) is 5.02 Å². The van der Waals surface area contributed by atoms with Crippen LogP contribution >= 0.6 is 47.3 Å². The van der Waals surface area contributed by atoms with Crippen molar-refractivity contribution >= 4 is 63.3 Å². The van der Waals surface area contributed by atoms with Crippen LogP contribution in [-0.4, -0.2) is 52.1 Å². The number of hydrogen-bond acceptors (Lipinski definition) is 4. The highest BCUT2D eigenvalue weighted by atomic mass is 127. The predicted molar refractivity (Wildman–Crippen MR) is 133 cm³/mol. The fourth-order valence-corrected chi connectivity index (χ4v) is 4.38. The molecule has 0 aromatic heterocycles. The van der Waals surface area contributed by atoms with Crippen LogP contribution in [0.15, 0.2) is 63.3 Å². The van der Waals surface area contributed by atoms with E-state index < -0.39 is 10.0 Å². The fraction of sp³-hybridized carbons (Fsp3) is 0.316. The average Bonchev–Trinajstić information content (AvgIpc) is 2.69. The molecule has 0 bridgehead atoms. The van der Waals surface area contributed by atoms with Crippen LogP contribution in [0.25, 0.3) is 0 Å². The lowest BCUT2D eigenvalue weighted by molar-refractivity contribution is 0.519. The van der Waals surface area contributed by atoms with E-state index in [2.05, 4.69) is 15.6 Å². The molecule has 0 aliphatic carbocycles. The Bertz CT molecular complexity index is 907. The normalized spacial score (nSPS) is 11.8. The maximum absolute atomic E-state index is 12.5. The van der Waals surface area contributed by atoms with Gasteiger partial charge in [0.2, 0.25) is 10.0 Å². The molecule has 0 amide bonds. The quantitative estimate of drug-likeness (QED) is 0.167. The summed E-state index contributed by atoms with van der Waals surface area (Å²) in [5.41, 5.74) is 0.690. The Morgan fingerprint density at radius 2 is 1.76 bits per heavy atom. The van der Waals surface area contributed by atoms with Crippen LogP contribution in [0, 0.1) is 0 Å². The molecule has 2 N–H and O–H groups in total. The van der Waals surface area contributed by atoms with Crippen molar-refractivity contribution in [3.8, 4) is 0 Å². The van der Waals surface area contributed by atoms with Gasteiger partial charge in [-0.25, -0.2) is 12.7 Å². The number of nitrogens with one attached hydrogen (secondary N) is 2. The van der Waals surface area contributed by atoms with E-state index in [-0.39, 0.29) is 24.0 Å². The van der Waals surface area contributed by atoms with Gasteiger partial charge in [0.05, 0.1) is 4.90 Å². The number of nitrogens with zero attached hydrogens (tertiary/aromatic N) is 2. The molecule has 2 rings (SSSR count). The molecule has 10 heteroatoms. The van der Waals surface area contributed by atoms with Crippen molar-refractivity contribution in [1.29, 1.82) is 0 Å². The summed E-state index contributed by atoms with van der Waals surface area (Å²) in [6, 6.07) is 14.7. The molecule has 6 nitrogen and oxygen atoms in total. The number of guanidine groups is 1. The number of hydrogen-bond donors (Lipinski definition) is 2. The molecule has 2 aromatic carbocycles. The maximum atomic E-state index is 12.5. The summed E-state index contributed by atoms with van der Waals surface area (Å²) in [6.07, 6.45) is 0. The second-order valence-corrected chi connectivity index (χ2v) is 9.78. The van der Waals surface area contributed by atoms with Gasteiger partial charge in [-0.3, -0.25) is 4.99 Å². The second kappa shape index (κ2) is 12.6. The van der Waals surface area contributed by atoms with E-state index in [0.717, 1.165) is 15.7 Å². The summed E-state index contributed by atoms with van der Waals surface area (Å²) >= 11 is 7.61. The van der Waals surface area contributed by atoms with E-state index in [1.165, 1.54) is 18.4 Å². The van der Waals surface area contributed by atoms with E-state index in [0.29, 0.717) is 29.5 Å². The van der Waals surface area contributed by atoms with E-state index in [1.807, 2.05) is 30.3 Å². The van der Waals surface area contributed by atoms with Gasteiger partial charge in [-0.15, -0.1) is 35.7 Å². The molecule has 0 heterocycles. The van der Waals surface area contributed by atoms with Gasteiger partial charge in [0.25, 0.3) is 0 Å². The molecule has 0 radical (unpaired) electrons. The molecule has 0 saturated carbocycles. The highest BCUT2D eigenvalue weighted by Gasteiger charge is 2.20. The summed E-state index contributed by atoms with van der Waals surface area (Å²) in [7, 11) is 1.24. The third-order valence-corrected chi connectivity index (χ3v) is 7.06. The van der Waals surface area contributed by atoms with Crippen LogP contribution in [0.1, 0.15) is 5.56 Å². The number of aliphatic imine (C=N–C) groups is 1. The fourth-order valence-electron chi connectivity index (χ4n) is 2.37. The molecule has 0 saturated heterocycles. The summed E-state index contributed by atoms with van der Waals surface area (Å²) in [5, 5.41) is 7.13. The Hall–Kier alpha value is -1.01. The average molecular weight is 569 g/mol. The molecule has 0 atom stereocenters. The first kappa shape index (κ1) is 26.0. The molecule has 0 fully saturated rings. The maximum Gasteiger partial charge on any atom is 0.242 e. The van der Waals surface area contributed by atoms with E-state index in [4.69, 9.17) is 11.6 Å². The molecular formula is C19H26ClIN4O2S2. The summed E-state index contributed by atoms with van der Waals surface area (Å²) in [4.78, 5) is 5.64. The van der Waals surface area contributed by atoms with Gasteiger partial charge in [-0.2, -0.15) is 0 Å². The minimum absolute atomic E-state index is 0. The van der Waals surface area contributed by atoms with Gasteiger partial charge in [-0.05, 0) is 35.9 Å². The third-order valence-electron chi connectivity index (χ3n) is 3.88. The Balaban J connectivity index is 0.00000420.